The molecule has 0 saturated carbocycles. The molecule has 1 aromatic carbocycles. The number of phenolic OH excluding ortho intramolecular Hbond substituents is 2. The van der Waals surface area contributed by atoms with Gasteiger partial charge in [-0.1, -0.05) is 11.2 Å². The fourth-order valence-corrected chi connectivity index (χ4v) is 0.899. The lowest BCUT2D eigenvalue weighted by atomic mass is 10.1. The van der Waals surface area contributed by atoms with Gasteiger partial charge in [0.05, 0.1) is 6.54 Å². The van der Waals surface area contributed by atoms with Crippen molar-refractivity contribution in [2.45, 2.75) is 6.42 Å². The monoisotopic (exact) mass is 167 g/mol. The zero-order valence-corrected chi connectivity index (χ0v) is 6.40. The van der Waals surface area contributed by atoms with E-state index in [1.807, 2.05) is 0 Å². The van der Waals surface area contributed by atoms with E-state index in [0.717, 1.165) is 5.56 Å². The quantitative estimate of drug-likeness (QED) is 0.528. The zero-order valence-electron chi connectivity index (χ0n) is 6.40. The van der Waals surface area contributed by atoms with Crippen LogP contribution in [0.4, 0.5) is 0 Å². The fourth-order valence-electron chi connectivity index (χ4n) is 0.899. The zero-order chi connectivity index (χ0) is 8.97. The summed E-state index contributed by atoms with van der Waals surface area (Å²) in [6.45, 7) is 0.185. The van der Waals surface area contributed by atoms with Crippen molar-refractivity contribution < 1.29 is 10.2 Å². The molecule has 4 nitrogen and oxygen atoms in total. The molecule has 0 unspecified atom stereocenters. The summed E-state index contributed by atoms with van der Waals surface area (Å²) in [5, 5.41) is 20.7. The maximum absolute atomic E-state index is 9.77. The first kappa shape index (κ1) is 8.52. The van der Waals surface area contributed by atoms with E-state index in [1.54, 1.807) is 6.07 Å². The van der Waals surface area contributed by atoms with E-state index in [0.29, 0.717) is 6.42 Å². The number of aromatic hydroxyl groups is 2. The molecular formula is C8H9NO3. The molecular weight excluding hydrogens is 158 g/mol. The number of hydrogen-bond donors (Lipinski definition) is 2. The third kappa shape index (κ3) is 1.95. The smallest absolute Gasteiger partial charge is 0.157 e. The van der Waals surface area contributed by atoms with Crippen LogP contribution in [0.25, 0.3) is 0 Å². The first-order valence-corrected chi connectivity index (χ1v) is 3.54. The van der Waals surface area contributed by atoms with Gasteiger partial charge in [0, 0.05) is 0 Å². The van der Waals surface area contributed by atoms with Crippen molar-refractivity contribution in [1.29, 1.82) is 0 Å². The standard InChI is InChI=1S/C8H9NO3/c10-7-2-1-6(3-4-9-12)5-8(7)11/h1-2,5,10-11H,3-4H2. The molecule has 1 aromatic rings. The minimum Gasteiger partial charge on any atom is -0.504 e. The minimum atomic E-state index is -0.168. The Morgan fingerprint density at radius 1 is 1.25 bits per heavy atom. The van der Waals surface area contributed by atoms with Crippen molar-refractivity contribution in [3.8, 4) is 11.5 Å². The molecule has 0 aliphatic heterocycles. The van der Waals surface area contributed by atoms with E-state index < -0.39 is 0 Å². The third-order valence-electron chi connectivity index (χ3n) is 1.53. The summed E-state index contributed by atoms with van der Waals surface area (Å²) >= 11 is 0. The summed E-state index contributed by atoms with van der Waals surface area (Å²) in [7, 11) is 0. The van der Waals surface area contributed by atoms with Crippen LogP contribution in [0.5, 0.6) is 11.5 Å². The predicted octanol–water partition coefficient (Wildman–Crippen LogP) is 1.41. The molecule has 2 N–H and O–H groups in total. The van der Waals surface area contributed by atoms with Crippen LogP contribution in [0.1, 0.15) is 5.56 Å². The van der Waals surface area contributed by atoms with Gasteiger partial charge in [-0.3, -0.25) is 0 Å². The Kier molecular flexibility index (Phi) is 2.63. The highest BCUT2D eigenvalue weighted by atomic mass is 16.3. The van der Waals surface area contributed by atoms with Crippen LogP contribution in [-0.4, -0.2) is 16.8 Å². The van der Waals surface area contributed by atoms with Crippen molar-refractivity contribution in [3.63, 3.8) is 0 Å². The van der Waals surface area contributed by atoms with E-state index in [4.69, 9.17) is 10.2 Å². The van der Waals surface area contributed by atoms with Crippen molar-refractivity contribution in [1.82, 2.24) is 0 Å². The average Bonchev–Trinajstić information content (AvgIpc) is 2.07. The van der Waals surface area contributed by atoms with Crippen molar-refractivity contribution >= 4 is 0 Å². The highest BCUT2D eigenvalue weighted by Gasteiger charge is 1.99. The van der Waals surface area contributed by atoms with E-state index >= 15 is 0 Å². The number of benzene rings is 1. The molecule has 0 aliphatic carbocycles. The molecule has 0 atom stereocenters. The molecule has 0 aromatic heterocycles. The predicted molar refractivity (Wildman–Crippen MR) is 44.1 cm³/mol. The van der Waals surface area contributed by atoms with Gasteiger partial charge >= 0.3 is 0 Å². The Morgan fingerprint density at radius 2 is 2.00 bits per heavy atom. The second-order valence-electron chi connectivity index (χ2n) is 2.43. The van der Waals surface area contributed by atoms with Crippen LogP contribution in [0.2, 0.25) is 0 Å². The van der Waals surface area contributed by atoms with E-state index in [1.165, 1.54) is 12.1 Å². The maximum atomic E-state index is 9.77. The van der Waals surface area contributed by atoms with Crippen LogP contribution in [-0.2, 0) is 6.42 Å². The molecule has 4 heteroatoms. The van der Waals surface area contributed by atoms with Crippen molar-refractivity contribution in [2.24, 2.45) is 5.18 Å². The van der Waals surface area contributed by atoms with Gasteiger partial charge in [0.25, 0.3) is 0 Å². The molecule has 0 amide bonds. The third-order valence-corrected chi connectivity index (χ3v) is 1.53. The van der Waals surface area contributed by atoms with Crippen molar-refractivity contribution in [2.75, 3.05) is 6.54 Å². The second kappa shape index (κ2) is 3.71. The molecule has 0 fully saturated rings. The SMILES string of the molecule is O=NCCc1ccc(O)c(O)c1. The second-order valence-corrected chi connectivity index (χ2v) is 2.43. The Morgan fingerprint density at radius 3 is 2.58 bits per heavy atom. The highest BCUT2D eigenvalue weighted by Crippen LogP contribution is 2.24. The minimum absolute atomic E-state index is 0.155. The Bertz CT molecular complexity index is 286. The maximum Gasteiger partial charge on any atom is 0.157 e. The van der Waals surface area contributed by atoms with Crippen LogP contribution >= 0.6 is 0 Å². The topological polar surface area (TPSA) is 69.9 Å². The first-order valence-electron chi connectivity index (χ1n) is 3.54. The lowest BCUT2D eigenvalue weighted by Crippen LogP contribution is -1.87. The number of rotatable bonds is 3. The average molecular weight is 167 g/mol. The molecule has 0 saturated heterocycles. The van der Waals surface area contributed by atoms with Gasteiger partial charge in [0.15, 0.2) is 11.5 Å². The molecule has 0 heterocycles. The van der Waals surface area contributed by atoms with Gasteiger partial charge in [-0.15, -0.1) is 0 Å². The lowest BCUT2D eigenvalue weighted by Gasteiger charge is -1.99. The Labute approximate surface area is 69.4 Å². The number of nitrogens with zero attached hydrogens (tertiary/aromatic N) is 1. The van der Waals surface area contributed by atoms with Gasteiger partial charge in [0.1, 0.15) is 0 Å². The molecule has 64 valence electrons. The van der Waals surface area contributed by atoms with Crippen LogP contribution in [0.3, 0.4) is 0 Å². The van der Waals surface area contributed by atoms with Crippen LogP contribution in [0, 0.1) is 4.91 Å². The first-order chi connectivity index (χ1) is 5.74. The number of phenols is 2. The largest absolute Gasteiger partial charge is 0.504 e. The highest BCUT2D eigenvalue weighted by molar-refractivity contribution is 5.40. The van der Waals surface area contributed by atoms with Gasteiger partial charge < -0.3 is 10.2 Å². The van der Waals surface area contributed by atoms with Crippen LogP contribution in [0.15, 0.2) is 23.4 Å². The summed E-state index contributed by atoms with van der Waals surface area (Å²) < 4.78 is 0. The van der Waals surface area contributed by atoms with Crippen molar-refractivity contribution in [3.05, 3.63) is 28.7 Å². The van der Waals surface area contributed by atoms with E-state index in [9.17, 15) is 4.91 Å². The van der Waals surface area contributed by atoms with Gasteiger partial charge in [-0.2, -0.15) is 4.91 Å². The normalized spacial score (nSPS) is 9.67. The van der Waals surface area contributed by atoms with E-state index in [-0.39, 0.29) is 18.0 Å². The summed E-state index contributed by atoms with van der Waals surface area (Å²) in [6, 6.07) is 4.44. The van der Waals surface area contributed by atoms with Crippen LogP contribution < -0.4 is 0 Å². The Hall–Kier alpha value is -1.58. The number of hydrogen-bond acceptors (Lipinski definition) is 4. The summed E-state index contributed by atoms with van der Waals surface area (Å²) in [5.74, 6) is -0.323. The fraction of sp³-hybridized carbons (Fsp3) is 0.250. The summed E-state index contributed by atoms with van der Waals surface area (Å²) in [6.07, 6.45) is 0.483. The number of nitroso groups, excluding NO2 is 1. The van der Waals surface area contributed by atoms with Gasteiger partial charge in [-0.05, 0) is 24.1 Å². The molecule has 1 rings (SSSR count). The van der Waals surface area contributed by atoms with E-state index in [2.05, 4.69) is 5.18 Å². The summed E-state index contributed by atoms with van der Waals surface area (Å²) in [4.78, 5) is 9.77. The molecule has 12 heavy (non-hydrogen) atoms. The lowest BCUT2D eigenvalue weighted by molar-refractivity contribution is 0.403. The molecule has 0 radical (unpaired) electrons. The van der Waals surface area contributed by atoms with Gasteiger partial charge in [0.2, 0.25) is 0 Å². The molecule has 0 spiro atoms. The Balaban J connectivity index is 2.75. The molecule has 0 bridgehead atoms. The summed E-state index contributed by atoms with van der Waals surface area (Å²) in [5.41, 5.74) is 0.782. The van der Waals surface area contributed by atoms with Gasteiger partial charge in [-0.25, -0.2) is 0 Å². The molecule has 0 aliphatic rings.